The summed E-state index contributed by atoms with van der Waals surface area (Å²) in [4.78, 5) is 9.28. The lowest BCUT2D eigenvalue weighted by Gasteiger charge is -2.40. The first-order valence-electron chi connectivity index (χ1n) is 3.83. The van der Waals surface area contributed by atoms with Crippen LogP contribution in [-0.2, 0) is 9.78 Å². The molecule has 0 aromatic heterocycles. The van der Waals surface area contributed by atoms with E-state index in [1.807, 2.05) is 20.8 Å². The maximum absolute atomic E-state index is 9.44. The quantitative estimate of drug-likeness (QED) is 0.372. The summed E-state index contributed by atoms with van der Waals surface area (Å²) in [5.74, 6) is 5.09. The molecule has 0 aromatic carbocycles. The van der Waals surface area contributed by atoms with E-state index in [9.17, 15) is 5.11 Å². The number of aliphatic hydroxyl groups excluding tert-OH is 1. The molecule has 5 heteroatoms. The zero-order valence-corrected chi connectivity index (χ0v) is 8.37. The van der Waals surface area contributed by atoms with Crippen molar-refractivity contribution in [2.24, 2.45) is 5.90 Å². The van der Waals surface area contributed by atoms with Gasteiger partial charge in [0.15, 0.2) is 5.54 Å². The Hall–Kier alpha value is -0.200. The number of nitrogens with two attached hydrogens (primary N) is 1. The van der Waals surface area contributed by atoms with Crippen LogP contribution in [-0.4, -0.2) is 28.8 Å². The summed E-state index contributed by atoms with van der Waals surface area (Å²) in [5.41, 5.74) is -0.447. The van der Waals surface area contributed by atoms with Crippen LogP contribution in [0.25, 0.3) is 0 Å². The van der Waals surface area contributed by atoms with E-state index in [0.29, 0.717) is 0 Å². The molecular formula is C7H19N2O3+. The van der Waals surface area contributed by atoms with Crippen LogP contribution in [0.15, 0.2) is 0 Å². The number of hydrogen-bond acceptors (Lipinski definition) is 4. The number of rotatable bonds is 3. The molecule has 0 amide bonds. The summed E-state index contributed by atoms with van der Waals surface area (Å²) in [6, 6.07) is 0. The third kappa shape index (κ3) is 1.75. The van der Waals surface area contributed by atoms with Gasteiger partial charge in [0.1, 0.15) is 0 Å². The van der Waals surface area contributed by atoms with Gasteiger partial charge in [0.05, 0.1) is 7.11 Å². The number of hydrogen-bond donors (Lipinski definition) is 2. The fourth-order valence-corrected chi connectivity index (χ4v) is 1.28. The maximum atomic E-state index is 9.44. The molecule has 0 aliphatic heterocycles. The molecule has 0 spiro atoms. The van der Waals surface area contributed by atoms with Crippen LogP contribution in [0.3, 0.4) is 0 Å². The molecule has 0 heterocycles. The molecule has 0 aliphatic carbocycles. The summed E-state index contributed by atoms with van der Waals surface area (Å²) in [7, 11) is 1.44. The smallest absolute Gasteiger partial charge is 0.252 e. The third-order valence-corrected chi connectivity index (χ3v) is 1.85. The fraction of sp³-hybridized carbons (Fsp3) is 1.00. The zero-order valence-electron chi connectivity index (χ0n) is 8.37. The van der Waals surface area contributed by atoms with Gasteiger partial charge in [0.2, 0.25) is 0 Å². The van der Waals surface area contributed by atoms with Crippen molar-refractivity contribution in [2.75, 3.05) is 7.11 Å². The molecule has 2 atom stereocenters. The molecular weight excluding hydrogens is 160 g/mol. The molecule has 5 nitrogen and oxygen atoms in total. The van der Waals surface area contributed by atoms with Crippen molar-refractivity contribution in [3.05, 3.63) is 0 Å². The van der Waals surface area contributed by atoms with Crippen molar-refractivity contribution in [3.63, 3.8) is 0 Å². The van der Waals surface area contributed by atoms with Gasteiger partial charge in [0.25, 0.3) is 6.23 Å². The molecule has 12 heavy (non-hydrogen) atoms. The Labute approximate surface area is 73.1 Å². The number of hydroxylamine groups is 4. The predicted molar refractivity (Wildman–Crippen MR) is 44.0 cm³/mol. The van der Waals surface area contributed by atoms with E-state index in [-0.39, 0.29) is 0 Å². The van der Waals surface area contributed by atoms with Crippen molar-refractivity contribution in [3.8, 4) is 0 Å². The second kappa shape index (κ2) is 3.68. The molecule has 0 saturated carbocycles. The SMILES string of the molecule is CO[N+](ON)(C(C)O)C(C)(C)C. The van der Waals surface area contributed by atoms with Crippen LogP contribution < -0.4 is 5.90 Å². The van der Waals surface area contributed by atoms with Crippen molar-refractivity contribution >= 4 is 0 Å². The van der Waals surface area contributed by atoms with E-state index < -0.39 is 16.6 Å². The molecule has 0 rings (SSSR count). The van der Waals surface area contributed by atoms with Gasteiger partial charge in [-0.15, -0.1) is 0 Å². The van der Waals surface area contributed by atoms with Gasteiger partial charge >= 0.3 is 0 Å². The molecule has 74 valence electrons. The molecule has 0 saturated heterocycles. The third-order valence-electron chi connectivity index (χ3n) is 1.85. The number of quaternary nitrogens is 1. The van der Waals surface area contributed by atoms with Crippen LogP contribution in [0.5, 0.6) is 0 Å². The van der Waals surface area contributed by atoms with E-state index in [0.717, 1.165) is 0 Å². The highest BCUT2D eigenvalue weighted by Crippen LogP contribution is 2.26. The van der Waals surface area contributed by atoms with E-state index in [1.54, 1.807) is 6.92 Å². The summed E-state index contributed by atoms with van der Waals surface area (Å²) in [6.45, 7) is 7.13. The van der Waals surface area contributed by atoms with Crippen molar-refractivity contribution in [1.29, 1.82) is 0 Å². The monoisotopic (exact) mass is 179 g/mol. The van der Waals surface area contributed by atoms with Crippen LogP contribution >= 0.6 is 0 Å². The van der Waals surface area contributed by atoms with Crippen molar-refractivity contribution < 1.29 is 19.7 Å². The average Bonchev–Trinajstić information content (AvgIpc) is 1.87. The Morgan fingerprint density at radius 2 is 1.83 bits per heavy atom. The topological polar surface area (TPSA) is 64.7 Å². The lowest BCUT2D eigenvalue weighted by molar-refractivity contribution is -1.30. The number of aliphatic hydroxyl groups is 1. The Kier molecular flexibility index (Phi) is 3.61. The Bertz CT molecular complexity index is 138. The van der Waals surface area contributed by atoms with Gasteiger partial charge in [0, 0.05) is 11.7 Å². The molecule has 0 fully saturated rings. The van der Waals surface area contributed by atoms with Crippen LogP contribution in [0, 0.1) is 0 Å². The van der Waals surface area contributed by atoms with Gasteiger partial charge in [-0.05, 0) is 20.8 Å². The standard InChI is InChI=1S/C7H19N2O3/c1-6(10)9(11-5,12-8)7(2,3)4/h6,10H,8H2,1-5H3/q+1. The summed E-state index contributed by atoms with van der Waals surface area (Å²) < 4.78 is 0. The minimum absolute atomic E-state index is 0.447. The van der Waals surface area contributed by atoms with Gasteiger partial charge < -0.3 is 5.11 Å². The van der Waals surface area contributed by atoms with E-state index in [2.05, 4.69) is 4.94 Å². The first-order valence-corrected chi connectivity index (χ1v) is 3.83. The predicted octanol–water partition coefficient (Wildman–Crippen LogP) is 0.307. The van der Waals surface area contributed by atoms with Crippen molar-refractivity contribution in [1.82, 2.24) is 0 Å². The van der Waals surface area contributed by atoms with Crippen molar-refractivity contribution in [2.45, 2.75) is 39.5 Å². The molecule has 0 aromatic rings. The van der Waals surface area contributed by atoms with E-state index in [4.69, 9.17) is 10.7 Å². The Morgan fingerprint density at radius 1 is 1.42 bits per heavy atom. The molecule has 0 aliphatic rings. The molecule has 0 radical (unpaired) electrons. The molecule has 2 unspecified atom stereocenters. The second-order valence-corrected chi connectivity index (χ2v) is 3.69. The Morgan fingerprint density at radius 3 is 1.83 bits per heavy atom. The van der Waals surface area contributed by atoms with Gasteiger partial charge in [-0.2, -0.15) is 10.7 Å². The first kappa shape index (κ1) is 11.8. The van der Waals surface area contributed by atoms with Gasteiger partial charge in [-0.25, -0.2) is 0 Å². The fourth-order valence-electron chi connectivity index (χ4n) is 1.28. The minimum atomic E-state index is -0.847. The highest BCUT2D eigenvalue weighted by atomic mass is 17.1. The Balaban J connectivity index is 4.83. The van der Waals surface area contributed by atoms with E-state index >= 15 is 0 Å². The normalized spacial score (nSPS) is 20.2. The molecule has 3 N–H and O–H groups in total. The maximum Gasteiger partial charge on any atom is 0.252 e. The van der Waals surface area contributed by atoms with Crippen LogP contribution in [0.1, 0.15) is 27.7 Å². The highest BCUT2D eigenvalue weighted by molar-refractivity contribution is 4.56. The van der Waals surface area contributed by atoms with Crippen LogP contribution in [0.4, 0.5) is 0 Å². The van der Waals surface area contributed by atoms with Gasteiger partial charge in [-0.3, -0.25) is 0 Å². The largest absolute Gasteiger partial charge is 0.340 e. The average molecular weight is 179 g/mol. The molecule has 0 bridgehead atoms. The minimum Gasteiger partial charge on any atom is -0.340 e. The van der Waals surface area contributed by atoms with Gasteiger partial charge in [-0.1, -0.05) is 4.94 Å². The highest BCUT2D eigenvalue weighted by Gasteiger charge is 2.49. The van der Waals surface area contributed by atoms with E-state index in [1.165, 1.54) is 7.11 Å². The summed E-state index contributed by atoms with van der Waals surface area (Å²) >= 11 is 0. The lowest BCUT2D eigenvalue weighted by Crippen LogP contribution is -2.64. The number of nitrogens with zero attached hydrogens (tertiary/aromatic N) is 1. The first-order chi connectivity index (χ1) is 5.31. The summed E-state index contributed by atoms with van der Waals surface area (Å²) in [5, 5.41) is 9.44. The zero-order chi connectivity index (χ0) is 9.99. The summed E-state index contributed by atoms with van der Waals surface area (Å²) in [6.07, 6.45) is -0.847. The van der Waals surface area contributed by atoms with Crippen LogP contribution in [0.2, 0.25) is 0 Å². The second-order valence-electron chi connectivity index (χ2n) is 3.69. The lowest BCUT2D eigenvalue weighted by atomic mass is 10.1.